The monoisotopic (exact) mass is 224 g/mol. The van der Waals surface area contributed by atoms with E-state index in [1.54, 1.807) is 13.0 Å². The first-order chi connectivity index (χ1) is 7.52. The van der Waals surface area contributed by atoms with Crippen LogP contribution in [0.5, 0.6) is 0 Å². The minimum atomic E-state index is -0.862. The van der Waals surface area contributed by atoms with Gasteiger partial charge in [-0.05, 0) is 13.8 Å². The third-order valence-electron chi connectivity index (χ3n) is 1.43. The van der Waals surface area contributed by atoms with Crippen LogP contribution in [0.15, 0.2) is 16.8 Å². The minimum Gasteiger partial charge on any atom is -0.462 e. The van der Waals surface area contributed by atoms with E-state index < -0.39 is 12.0 Å². The summed E-state index contributed by atoms with van der Waals surface area (Å²) in [5.41, 5.74) is 6.85. The van der Waals surface area contributed by atoms with Gasteiger partial charge in [0.1, 0.15) is 0 Å². The number of esters is 1. The third-order valence-corrected chi connectivity index (χ3v) is 1.43. The number of allylic oxidation sites excluding steroid dienone is 1. The van der Waals surface area contributed by atoms with E-state index in [9.17, 15) is 9.59 Å². The molecule has 0 aliphatic rings. The molecule has 0 aromatic heterocycles. The molecule has 0 aromatic carbocycles. The molecule has 0 rings (SSSR count). The van der Waals surface area contributed by atoms with E-state index in [4.69, 9.17) is 15.7 Å². The highest BCUT2D eigenvalue weighted by Gasteiger charge is 2.13. The van der Waals surface area contributed by atoms with Crippen molar-refractivity contribution in [3.05, 3.63) is 11.6 Å². The molecule has 0 radical (unpaired) electrons. The summed E-state index contributed by atoms with van der Waals surface area (Å²) >= 11 is 0. The predicted molar refractivity (Wildman–Crippen MR) is 56.2 cm³/mol. The van der Waals surface area contributed by atoms with E-state index in [1.807, 2.05) is 5.43 Å². The lowest BCUT2D eigenvalue weighted by Gasteiger charge is -2.04. The van der Waals surface area contributed by atoms with E-state index >= 15 is 0 Å². The number of rotatable bonds is 4. The molecule has 86 valence electrons. The number of carbonyl (C=O) groups excluding carboxylic acids is 2. The molecule has 0 saturated heterocycles. The lowest BCUT2D eigenvalue weighted by Crippen LogP contribution is -2.26. The molecule has 0 fully saturated rings. The first-order valence-corrected chi connectivity index (χ1v) is 4.40. The van der Waals surface area contributed by atoms with E-state index in [2.05, 4.69) is 5.10 Å². The molecule has 7 nitrogen and oxygen atoms in total. The summed E-state index contributed by atoms with van der Waals surface area (Å²) in [7, 11) is 0. The number of hydrazone groups is 1. The van der Waals surface area contributed by atoms with Gasteiger partial charge in [0.05, 0.1) is 24.0 Å². The van der Waals surface area contributed by atoms with Crippen LogP contribution in [0.2, 0.25) is 0 Å². The Hall–Kier alpha value is -2.36. The number of amides is 2. The Morgan fingerprint density at radius 3 is 2.69 bits per heavy atom. The second-order valence-corrected chi connectivity index (χ2v) is 2.58. The molecule has 0 aliphatic heterocycles. The average molecular weight is 224 g/mol. The highest BCUT2D eigenvalue weighted by atomic mass is 16.5. The van der Waals surface area contributed by atoms with E-state index in [-0.39, 0.29) is 17.9 Å². The van der Waals surface area contributed by atoms with Crippen LogP contribution in [0.25, 0.3) is 0 Å². The summed E-state index contributed by atoms with van der Waals surface area (Å²) in [5, 5.41) is 12.0. The summed E-state index contributed by atoms with van der Waals surface area (Å²) in [6.45, 7) is 3.25. The number of urea groups is 1. The SMILES string of the molecule is CCOC(=O)C(=C/C#N)/C(C)=N/NC(N)=O. The van der Waals surface area contributed by atoms with Gasteiger partial charge in [-0.3, -0.25) is 0 Å². The van der Waals surface area contributed by atoms with Crippen molar-refractivity contribution in [1.82, 2.24) is 5.43 Å². The molecule has 2 amide bonds. The van der Waals surface area contributed by atoms with Crippen LogP contribution in [0.4, 0.5) is 4.79 Å². The van der Waals surface area contributed by atoms with Gasteiger partial charge in [-0.15, -0.1) is 0 Å². The minimum absolute atomic E-state index is 0.0295. The smallest absolute Gasteiger partial charge is 0.340 e. The molecule has 0 atom stereocenters. The lowest BCUT2D eigenvalue weighted by atomic mass is 10.1. The van der Waals surface area contributed by atoms with Gasteiger partial charge in [0.15, 0.2) is 0 Å². The van der Waals surface area contributed by atoms with Crippen LogP contribution in [0.3, 0.4) is 0 Å². The van der Waals surface area contributed by atoms with Gasteiger partial charge in [0.2, 0.25) is 0 Å². The predicted octanol–water partition coefficient (Wildman–Crippen LogP) is 0.0437. The van der Waals surface area contributed by atoms with Gasteiger partial charge in [0.25, 0.3) is 0 Å². The molecule has 0 aromatic rings. The fourth-order valence-corrected chi connectivity index (χ4v) is 0.784. The fourth-order valence-electron chi connectivity index (χ4n) is 0.784. The highest BCUT2D eigenvalue weighted by Crippen LogP contribution is 2.01. The molecule has 0 aliphatic carbocycles. The van der Waals surface area contributed by atoms with Crippen molar-refractivity contribution in [3.63, 3.8) is 0 Å². The average Bonchev–Trinajstić information content (AvgIpc) is 2.22. The van der Waals surface area contributed by atoms with Crippen molar-refractivity contribution in [1.29, 1.82) is 5.26 Å². The Morgan fingerprint density at radius 1 is 1.62 bits per heavy atom. The Balaban J connectivity index is 4.88. The zero-order chi connectivity index (χ0) is 12.6. The highest BCUT2D eigenvalue weighted by molar-refractivity contribution is 6.19. The molecule has 0 saturated carbocycles. The maximum Gasteiger partial charge on any atom is 0.340 e. The van der Waals surface area contributed by atoms with Gasteiger partial charge in [-0.1, -0.05) is 0 Å². The van der Waals surface area contributed by atoms with Crippen LogP contribution in [0, 0.1) is 11.3 Å². The van der Waals surface area contributed by atoms with Crippen LogP contribution < -0.4 is 11.2 Å². The summed E-state index contributed by atoms with van der Waals surface area (Å²) in [4.78, 5) is 21.7. The van der Waals surface area contributed by atoms with Gasteiger partial charge in [-0.2, -0.15) is 10.4 Å². The van der Waals surface area contributed by atoms with E-state index in [1.165, 1.54) is 6.92 Å². The summed E-state index contributed by atoms with van der Waals surface area (Å²) in [5.74, 6) is -0.684. The Kier molecular flexibility index (Phi) is 5.97. The number of nitrogens with two attached hydrogens (primary N) is 1. The molecule has 0 bridgehead atoms. The maximum atomic E-state index is 11.4. The quantitative estimate of drug-likeness (QED) is 0.230. The van der Waals surface area contributed by atoms with Crippen LogP contribution in [0.1, 0.15) is 13.8 Å². The van der Waals surface area contributed by atoms with E-state index in [0.717, 1.165) is 6.08 Å². The Bertz CT molecular complexity index is 379. The number of nitrogens with zero attached hydrogens (tertiary/aromatic N) is 2. The zero-order valence-electron chi connectivity index (χ0n) is 8.98. The second kappa shape index (κ2) is 7.00. The van der Waals surface area contributed by atoms with Crippen molar-refractivity contribution >= 4 is 17.7 Å². The number of nitriles is 1. The lowest BCUT2D eigenvalue weighted by molar-refractivity contribution is -0.137. The van der Waals surface area contributed by atoms with Crippen molar-refractivity contribution in [2.75, 3.05) is 6.61 Å². The molecular weight excluding hydrogens is 212 g/mol. The van der Waals surface area contributed by atoms with E-state index in [0.29, 0.717) is 0 Å². The van der Waals surface area contributed by atoms with Gasteiger partial charge < -0.3 is 10.5 Å². The van der Waals surface area contributed by atoms with Gasteiger partial charge >= 0.3 is 12.0 Å². The summed E-state index contributed by atoms with van der Waals surface area (Å²) in [6, 6.07) is 0.826. The van der Waals surface area contributed by atoms with Gasteiger partial charge in [0, 0.05) is 6.08 Å². The standard InChI is InChI=1S/C9H12N4O3/c1-3-16-8(14)7(4-5-10)6(2)12-13-9(11)15/h4H,3H2,1-2H3,(H3,11,13,15)/b7-4+,12-6+. The van der Waals surface area contributed by atoms with Crippen molar-refractivity contribution in [3.8, 4) is 6.07 Å². The molecule has 16 heavy (non-hydrogen) atoms. The molecule has 0 spiro atoms. The number of ether oxygens (including phenoxy) is 1. The Labute approximate surface area is 92.6 Å². The zero-order valence-corrected chi connectivity index (χ0v) is 8.98. The third kappa shape index (κ3) is 4.76. The number of nitrogens with one attached hydrogen (secondary N) is 1. The van der Waals surface area contributed by atoms with Crippen molar-refractivity contribution < 1.29 is 14.3 Å². The summed E-state index contributed by atoms with van der Waals surface area (Å²) in [6.07, 6.45) is 0.986. The fraction of sp³-hybridized carbons (Fsp3) is 0.333. The van der Waals surface area contributed by atoms with Crippen molar-refractivity contribution in [2.45, 2.75) is 13.8 Å². The molecular formula is C9H12N4O3. The molecule has 3 N–H and O–H groups in total. The first-order valence-electron chi connectivity index (χ1n) is 4.40. The number of hydrogen-bond acceptors (Lipinski definition) is 5. The topological polar surface area (TPSA) is 118 Å². The van der Waals surface area contributed by atoms with Crippen LogP contribution in [-0.2, 0) is 9.53 Å². The second-order valence-electron chi connectivity index (χ2n) is 2.58. The molecule has 0 unspecified atom stereocenters. The number of hydrogen-bond donors (Lipinski definition) is 2. The number of primary amides is 1. The van der Waals surface area contributed by atoms with Crippen molar-refractivity contribution in [2.24, 2.45) is 10.8 Å². The van der Waals surface area contributed by atoms with Gasteiger partial charge in [-0.25, -0.2) is 15.0 Å². The molecule has 0 heterocycles. The molecule has 7 heteroatoms. The maximum absolute atomic E-state index is 11.4. The van der Waals surface area contributed by atoms with Crippen LogP contribution in [-0.4, -0.2) is 24.3 Å². The largest absolute Gasteiger partial charge is 0.462 e. The summed E-state index contributed by atoms with van der Waals surface area (Å²) < 4.78 is 4.70. The Morgan fingerprint density at radius 2 is 2.25 bits per heavy atom. The number of carbonyl (C=O) groups is 2. The first kappa shape index (κ1) is 13.6. The normalized spacial score (nSPS) is 11.6. The van der Waals surface area contributed by atoms with Crippen LogP contribution >= 0.6 is 0 Å².